The first-order valence-corrected chi connectivity index (χ1v) is 7.59. The number of hydrogen-bond acceptors (Lipinski definition) is 5. The van der Waals surface area contributed by atoms with E-state index < -0.39 is 0 Å². The van der Waals surface area contributed by atoms with Crippen LogP contribution < -0.4 is 0 Å². The van der Waals surface area contributed by atoms with Crippen LogP contribution in [0.1, 0.15) is 16.8 Å². The Morgan fingerprint density at radius 3 is 3.06 bits per heavy atom. The highest BCUT2D eigenvalue weighted by molar-refractivity contribution is 8.06. The second kappa shape index (κ2) is 6.10. The summed E-state index contributed by atoms with van der Waals surface area (Å²) in [4.78, 5) is 8.80. The van der Waals surface area contributed by atoms with E-state index in [9.17, 15) is 0 Å². The maximum Gasteiger partial charge on any atom is 0.144 e. The van der Waals surface area contributed by atoms with Crippen LogP contribution in [0.15, 0.2) is 6.07 Å². The molecule has 0 bridgehead atoms. The van der Waals surface area contributed by atoms with Crippen LogP contribution in [-0.2, 0) is 11.3 Å². The van der Waals surface area contributed by atoms with Gasteiger partial charge in [0.1, 0.15) is 11.0 Å². The van der Waals surface area contributed by atoms with Gasteiger partial charge in [-0.3, -0.25) is 0 Å². The van der Waals surface area contributed by atoms with Crippen molar-refractivity contribution >= 4 is 35.1 Å². The molecule has 16 heavy (non-hydrogen) atoms. The average molecular weight is 277 g/mol. The van der Waals surface area contributed by atoms with Crippen molar-refractivity contribution in [3.8, 4) is 0 Å². The highest BCUT2D eigenvalue weighted by Gasteiger charge is 2.20. The summed E-state index contributed by atoms with van der Waals surface area (Å²) in [5.74, 6) is 4.28. The summed E-state index contributed by atoms with van der Waals surface area (Å²) in [6.45, 7) is 0.486. The van der Waals surface area contributed by atoms with Gasteiger partial charge in [-0.25, -0.2) is 9.97 Å². The normalized spacial score (nSPS) is 21.0. The molecule has 1 aromatic heterocycles. The number of nitrogens with zero attached hydrogens (tertiary/aromatic N) is 2. The lowest BCUT2D eigenvalue weighted by molar-refractivity contribution is 0.181. The van der Waals surface area contributed by atoms with E-state index in [4.69, 9.17) is 16.3 Å². The molecule has 0 aliphatic carbocycles. The lowest BCUT2D eigenvalue weighted by Gasteiger charge is -2.20. The largest absolute Gasteiger partial charge is 0.378 e. The molecule has 88 valence electrons. The zero-order valence-corrected chi connectivity index (χ0v) is 11.4. The van der Waals surface area contributed by atoms with Gasteiger partial charge in [0.15, 0.2) is 0 Å². The molecule has 1 fully saturated rings. The van der Waals surface area contributed by atoms with E-state index in [0.717, 1.165) is 23.0 Å². The van der Waals surface area contributed by atoms with Crippen LogP contribution in [0, 0.1) is 0 Å². The molecule has 2 rings (SSSR count). The zero-order chi connectivity index (χ0) is 11.4. The smallest absolute Gasteiger partial charge is 0.144 e. The molecule has 0 N–H and O–H groups in total. The monoisotopic (exact) mass is 276 g/mol. The van der Waals surface area contributed by atoms with E-state index >= 15 is 0 Å². The molecule has 1 atom stereocenters. The second-order valence-corrected chi connectivity index (χ2v) is 6.26. The van der Waals surface area contributed by atoms with Gasteiger partial charge in [0.25, 0.3) is 0 Å². The van der Waals surface area contributed by atoms with Crippen molar-refractivity contribution in [2.24, 2.45) is 0 Å². The minimum absolute atomic E-state index is 0.369. The van der Waals surface area contributed by atoms with Crippen LogP contribution in [0.2, 0.25) is 5.15 Å². The van der Waals surface area contributed by atoms with E-state index in [1.54, 1.807) is 13.2 Å². The van der Waals surface area contributed by atoms with Gasteiger partial charge in [0.2, 0.25) is 0 Å². The number of ether oxygens (including phenoxy) is 1. The van der Waals surface area contributed by atoms with Gasteiger partial charge in [0.05, 0.1) is 17.6 Å². The van der Waals surface area contributed by atoms with Gasteiger partial charge in [0, 0.05) is 24.4 Å². The van der Waals surface area contributed by atoms with Crippen molar-refractivity contribution in [1.29, 1.82) is 0 Å². The second-order valence-electron chi connectivity index (χ2n) is 3.41. The van der Waals surface area contributed by atoms with Crippen molar-refractivity contribution in [3.05, 3.63) is 22.7 Å². The standard InChI is InChI=1S/C10H13ClN2OS2/c1-14-5-7-4-9(11)13-10(12-7)8-6-15-2-3-16-8/h4,8H,2-3,5-6H2,1H3. The lowest BCUT2D eigenvalue weighted by Crippen LogP contribution is -2.11. The predicted molar refractivity (Wildman–Crippen MR) is 70.3 cm³/mol. The third-order valence-corrected chi connectivity index (χ3v) is 5.11. The molecule has 0 radical (unpaired) electrons. The molecule has 1 aliphatic heterocycles. The van der Waals surface area contributed by atoms with Crippen LogP contribution in [0.5, 0.6) is 0 Å². The fourth-order valence-electron chi connectivity index (χ4n) is 1.49. The van der Waals surface area contributed by atoms with E-state index in [0.29, 0.717) is 17.0 Å². The van der Waals surface area contributed by atoms with Gasteiger partial charge in [-0.1, -0.05) is 11.6 Å². The summed E-state index contributed by atoms with van der Waals surface area (Å²) in [6, 6.07) is 1.76. The Labute approximate surface area is 109 Å². The Bertz CT molecular complexity index is 359. The number of thioether (sulfide) groups is 2. The van der Waals surface area contributed by atoms with E-state index in [1.807, 2.05) is 23.5 Å². The topological polar surface area (TPSA) is 35.0 Å². The third kappa shape index (κ3) is 3.26. The molecule has 1 unspecified atom stereocenters. The number of halogens is 1. The molecule has 1 saturated heterocycles. The highest BCUT2D eigenvalue weighted by Crippen LogP contribution is 2.35. The zero-order valence-electron chi connectivity index (χ0n) is 8.98. The molecule has 1 aromatic rings. The first-order valence-electron chi connectivity index (χ1n) is 5.01. The summed E-state index contributed by atoms with van der Waals surface area (Å²) in [5, 5.41) is 0.876. The highest BCUT2D eigenvalue weighted by atomic mass is 35.5. The van der Waals surface area contributed by atoms with Gasteiger partial charge < -0.3 is 4.74 Å². The molecule has 2 heterocycles. The Balaban J connectivity index is 2.18. The quantitative estimate of drug-likeness (QED) is 0.793. The molecule has 0 amide bonds. The molecule has 0 spiro atoms. The third-order valence-electron chi connectivity index (χ3n) is 2.16. The number of hydrogen-bond donors (Lipinski definition) is 0. The number of methoxy groups -OCH3 is 1. The summed E-state index contributed by atoms with van der Waals surface area (Å²) in [5.41, 5.74) is 0.855. The lowest BCUT2D eigenvalue weighted by atomic mass is 10.3. The predicted octanol–water partition coefficient (Wildman–Crippen LogP) is 2.80. The van der Waals surface area contributed by atoms with Crippen LogP contribution in [0.3, 0.4) is 0 Å². The van der Waals surface area contributed by atoms with Crippen molar-refractivity contribution in [3.63, 3.8) is 0 Å². The Kier molecular flexibility index (Phi) is 4.76. The van der Waals surface area contributed by atoms with E-state index in [1.165, 1.54) is 5.75 Å². The molecular formula is C10H13ClN2OS2. The van der Waals surface area contributed by atoms with Gasteiger partial charge in [-0.2, -0.15) is 11.8 Å². The maximum absolute atomic E-state index is 5.98. The van der Waals surface area contributed by atoms with Gasteiger partial charge in [-0.05, 0) is 6.07 Å². The number of rotatable bonds is 3. The summed E-state index contributed by atoms with van der Waals surface area (Å²) in [6.07, 6.45) is 0. The van der Waals surface area contributed by atoms with E-state index in [2.05, 4.69) is 9.97 Å². The molecular weight excluding hydrogens is 264 g/mol. The van der Waals surface area contributed by atoms with E-state index in [-0.39, 0.29) is 0 Å². The van der Waals surface area contributed by atoms with Crippen molar-refractivity contribution < 1.29 is 4.74 Å². The molecule has 6 heteroatoms. The average Bonchev–Trinajstić information content (AvgIpc) is 2.30. The fraction of sp³-hybridized carbons (Fsp3) is 0.600. The first kappa shape index (κ1) is 12.5. The maximum atomic E-state index is 5.98. The van der Waals surface area contributed by atoms with Crippen LogP contribution in [0.25, 0.3) is 0 Å². The van der Waals surface area contributed by atoms with Crippen molar-refractivity contribution in [2.75, 3.05) is 24.4 Å². The summed E-state index contributed by atoms with van der Waals surface area (Å²) >= 11 is 9.84. The Morgan fingerprint density at radius 1 is 1.50 bits per heavy atom. The molecule has 0 aromatic carbocycles. The number of aromatic nitrogens is 2. The van der Waals surface area contributed by atoms with Crippen molar-refractivity contribution in [1.82, 2.24) is 9.97 Å². The van der Waals surface area contributed by atoms with Gasteiger partial charge >= 0.3 is 0 Å². The molecule has 1 aliphatic rings. The fourth-order valence-corrected chi connectivity index (χ4v) is 4.30. The van der Waals surface area contributed by atoms with Gasteiger partial charge in [-0.15, -0.1) is 11.8 Å². The Hall–Kier alpha value is 0.0300. The van der Waals surface area contributed by atoms with Crippen molar-refractivity contribution in [2.45, 2.75) is 11.9 Å². The molecule has 3 nitrogen and oxygen atoms in total. The SMILES string of the molecule is COCc1cc(Cl)nc(C2CSCCS2)n1. The molecule has 0 saturated carbocycles. The minimum Gasteiger partial charge on any atom is -0.378 e. The first-order chi connectivity index (χ1) is 7.79. The minimum atomic E-state index is 0.369. The van der Waals surface area contributed by atoms with Crippen LogP contribution in [-0.4, -0.2) is 34.3 Å². The van der Waals surface area contributed by atoms with Crippen LogP contribution >= 0.6 is 35.1 Å². The summed E-state index contributed by atoms with van der Waals surface area (Å²) in [7, 11) is 1.65. The summed E-state index contributed by atoms with van der Waals surface area (Å²) < 4.78 is 5.06. The van der Waals surface area contributed by atoms with Crippen LogP contribution in [0.4, 0.5) is 0 Å². The Morgan fingerprint density at radius 2 is 2.38 bits per heavy atom.